The van der Waals surface area contributed by atoms with Crippen LogP contribution in [0, 0.1) is 0 Å². The van der Waals surface area contributed by atoms with E-state index in [0.29, 0.717) is 18.8 Å². The maximum atomic E-state index is 12.8. The van der Waals surface area contributed by atoms with Gasteiger partial charge in [0, 0.05) is 42.8 Å². The van der Waals surface area contributed by atoms with Gasteiger partial charge in [-0.2, -0.15) is 4.31 Å². The molecule has 1 saturated heterocycles. The molecule has 8 heteroatoms. The predicted octanol–water partition coefficient (Wildman–Crippen LogP) is 2.73. The first-order chi connectivity index (χ1) is 13.0. The summed E-state index contributed by atoms with van der Waals surface area (Å²) in [4.78, 5) is 15.4. The third-order valence-corrected chi connectivity index (χ3v) is 7.23. The van der Waals surface area contributed by atoms with Crippen LogP contribution in [0.2, 0.25) is 0 Å². The third-order valence-electron chi connectivity index (χ3n) is 4.48. The summed E-state index contributed by atoms with van der Waals surface area (Å²) in [5, 5.41) is 4.68. The summed E-state index contributed by atoms with van der Waals surface area (Å²) in [6, 6.07) is 10.2. The van der Waals surface area contributed by atoms with Crippen LogP contribution in [0.5, 0.6) is 0 Å². The molecular formula is C19H23N3O3S2. The number of thiophene rings is 1. The van der Waals surface area contributed by atoms with Crippen molar-refractivity contribution in [1.29, 1.82) is 0 Å². The topological polar surface area (TPSA) is 69.7 Å². The van der Waals surface area contributed by atoms with E-state index in [0.717, 1.165) is 24.5 Å². The van der Waals surface area contributed by atoms with Crippen LogP contribution in [-0.2, 0) is 14.8 Å². The van der Waals surface area contributed by atoms with E-state index < -0.39 is 10.0 Å². The van der Waals surface area contributed by atoms with Gasteiger partial charge in [-0.05, 0) is 48.3 Å². The molecule has 0 atom stereocenters. The number of hydrogen-bond acceptors (Lipinski definition) is 5. The molecule has 0 bridgehead atoms. The minimum absolute atomic E-state index is 0.250. The molecule has 1 amide bonds. The summed E-state index contributed by atoms with van der Waals surface area (Å²) in [5.74, 6) is -0.255. The van der Waals surface area contributed by atoms with Crippen molar-refractivity contribution in [1.82, 2.24) is 9.21 Å². The molecule has 2 aromatic rings. The summed E-state index contributed by atoms with van der Waals surface area (Å²) >= 11 is 1.55. The number of piperazine rings is 1. The molecule has 0 spiro atoms. The highest BCUT2D eigenvalue weighted by Crippen LogP contribution is 2.20. The number of nitrogens with zero attached hydrogens (tertiary/aromatic N) is 2. The SMILES string of the molecule is CCN1CCN(S(=O)(=O)c2ccc(NC(=O)/C=C/c3cccs3)cc2)CC1. The summed E-state index contributed by atoms with van der Waals surface area (Å²) < 4.78 is 27.0. The number of carbonyl (C=O) groups excluding carboxylic acids is 1. The zero-order valence-electron chi connectivity index (χ0n) is 15.2. The number of rotatable bonds is 6. The molecule has 1 fully saturated rings. The fourth-order valence-corrected chi connectivity index (χ4v) is 4.91. The molecule has 0 saturated carbocycles. The Balaban J connectivity index is 1.61. The van der Waals surface area contributed by atoms with Crippen molar-refractivity contribution in [2.45, 2.75) is 11.8 Å². The lowest BCUT2D eigenvalue weighted by Gasteiger charge is -2.33. The lowest BCUT2D eigenvalue weighted by molar-refractivity contribution is -0.111. The molecule has 0 radical (unpaired) electrons. The van der Waals surface area contributed by atoms with Gasteiger partial charge in [0.05, 0.1) is 4.90 Å². The monoisotopic (exact) mass is 405 g/mol. The van der Waals surface area contributed by atoms with Crippen molar-refractivity contribution in [3.8, 4) is 0 Å². The van der Waals surface area contributed by atoms with Crippen molar-refractivity contribution in [2.24, 2.45) is 0 Å². The van der Waals surface area contributed by atoms with Crippen molar-refractivity contribution < 1.29 is 13.2 Å². The van der Waals surface area contributed by atoms with E-state index in [2.05, 4.69) is 17.1 Å². The summed E-state index contributed by atoms with van der Waals surface area (Å²) in [7, 11) is -3.50. The number of carbonyl (C=O) groups is 1. The average Bonchev–Trinajstić information content (AvgIpc) is 3.20. The van der Waals surface area contributed by atoms with Crippen LogP contribution in [0.3, 0.4) is 0 Å². The van der Waals surface area contributed by atoms with Crippen LogP contribution < -0.4 is 5.32 Å². The number of hydrogen-bond donors (Lipinski definition) is 1. The first-order valence-electron chi connectivity index (χ1n) is 8.84. The number of benzene rings is 1. The van der Waals surface area contributed by atoms with E-state index in [9.17, 15) is 13.2 Å². The minimum atomic E-state index is -3.50. The van der Waals surface area contributed by atoms with E-state index in [4.69, 9.17) is 0 Å². The molecule has 1 N–H and O–H groups in total. The molecule has 1 aliphatic rings. The Labute approximate surface area is 164 Å². The van der Waals surface area contributed by atoms with Gasteiger partial charge in [0.25, 0.3) is 0 Å². The predicted molar refractivity (Wildman–Crippen MR) is 109 cm³/mol. The highest BCUT2D eigenvalue weighted by molar-refractivity contribution is 7.89. The van der Waals surface area contributed by atoms with Gasteiger partial charge in [0.2, 0.25) is 15.9 Å². The van der Waals surface area contributed by atoms with E-state index >= 15 is 0 Å². The Morgan fingerprint density at radius 2 is 1.85 bits per heavy atom. The smallest absolute Gasteiger partial charge is 0.248 e. The van der Waals surface area contributed by atoms with Crippen molar-refractivity contribution in [3.05, 3.63) is 52.7 Å². The number of anilines is 1. The molecule has 1 aromatic heterocycles. The van der Waals surface area contributed by atoms with Crippen molar-refractivity contribution in [3.63, 3.8) is 0 Å². The van der Waals surface area contributed by atoms with Crippen LogP contribution in [-0.4, -0.2) is 56.3 Å². The normalized spacial score (nSPS) is 16.6. The molecule has 27 heavy (non-hydrogen) atoms. The molecule has 3 rings (SSSR count). The van der Waals surface area contributed by atoms with E-state index in [1.807, 2.05) is 17.5 Å². The molecule has 1 aliphatic heterocycles. The highest BCUT2D eigenvalue weighted by Gasteiger charge is 2.27. The maximum Gasteiger partial charge on any atom is 0.248 e. The van der Waals surface area contributed by atoms with E-state index in [1.54, 1.807) is 41.7 Å². The molecular weight excluding hydrogens is 382 g/mol. The zero-order chi connectivity index (χ0) is 19.3. The Morgan fingerprint density at radius 1 is 1.15 bits per heavy atom. The molecule has 6 nitrogen and oxygen atoms in total. The zero-order valence-corrected chi connectivity index (χ0v) is 16.8. The summed E-state index contributed by atoms with van der Waals surface area (Å²) in [6.45, 7) is 5.52. The lowest BCUT2D eigenvalue weighted by atomic mass is 10.3. The summed E-state index contributed by atoms with van der Waals surface area (Å²) in [5.41, 5.74) is 0.561. The number of sulfonamides is 1. The molecule has 0 unspecified atom stereocenters. The fourth-order valence-electron chi connectivity index (χ4n) is 2.87. The van der Waals surface area contributed by atoms with Gasteiger partial charge < -0.3 is 10.2 Å². The summed E-state index contributed by atoms with van der Waals surface area (Å²) in [6.07, 6.45) is 3.21. The van der Waals surface area contributed by atoms with Crippen LogP contribution in [0.15, 0.2) is 52.7 Å². The average molecular weight is 406 g/mol. The number of nitrogens with one attached hydrogen (secondary N) is 1. The number of likely N-dealkylation sites (N-methyl/N-ethyl adjacent to an activating group) is 1. The van der Waals surface area contributed by atoms with Crippen molar-refractivity contribution in [2.75, 3.05) is 38.0 Å². The number of amides is 1. The maximum absolute atomic E-state index is 12.8. The second-order valence-corrected chi connectivity index (χ2v) is 9.12. The first kappa shape index (κ1) is 19.8. The largest absolute Gasteiger partial charge is 0.323 e. The van der Waals surface area contributed by atoms with Crippen LogP contribution >= 0.6 is 11.3 Å². The van der Waals surface area contributed by atoms with Crippen LogP contribution in [0.1, 0.15) is 11.8 Å². The quantitative estimate of drug-likeness (QED) is 0.751. The molecule has 0 aliphatic carbocycles. The van der Waals surface area contributed by atoms with Crippen LogP contribution in [0.25, 0.3) is 6.08 Å². The Kier molecular flexibility index (Phi) is 6.43. The van der Waals surface area contributed by atoms with E-state index in [1.165, 1.54) is 10.4 Å². The Bertz CT molecular complexity index is 883. The second-order valence-electron chi connectivity index (χ2n) is 6.20. The Morgan fingerprint density at radius 3 is 2.44 bits per heavy atom. The van der Waals surface area contributed by atoms with Crippen molar-refractivity contribution >= 4 is 39.0 Å². The van der Waals surface area contributed by atoms with E-state index in [-0.39, 0.29) is 10.8 Å². The fraction of sp³-hybridized carbons (Fsp3) is 0.316. The van der Waals surface area contributed by atoms with Gasteiger partial charge in [0.1, 0.15) is 0 Å². The van der Waals surface area contributed by atoms with Gasteiger partial charge in [-0.1, -0.05) is 13.0 Å². The Hall–Kier alpha value is -2.00. The molecule has 2 heterocycles. The van der Waals surface area contributed by atoms with Crippen LogP contribution in [0.4, 0.5) is 5.69 Å². The standard InChI is InChI=1S/C19H23N3O3S2/c1-2-21-11-13-22(14-12-21)27(24,25)18-8-5-16(6-9-18)20-19(23)10-7-17-4-3-15-26-17/h3-10,15H,2,11-14H2,1H3,(H,20,23)/b10-7+. The van der Waals surface area contributed by atoms with Gasteiger partial charge in [-0.15, -0.1) is 11.3 Å². The molecule has 1 aromatic carbocycles. The first-order valence-corrected chi connectivity index (χ1v) is 11.2. The molecule has 144 valence electrons. The van der Waals surface area contributed by atoms with Gasteiger partial charge >= 0.3 is 0 Å². The third kappa shape index (κ3) is 5.04. The minimum Gasteiger partial charge on any atom is -0.323 e. The van der Waals surface area contributed by atoms with Gasteiger partial charge in [-0.25, -0.2) is 8.42 Å². The second kappa shape index (κ2) is 8.79. The van der Waals surface area contributed by atoms with Gasteiger partial charge in [0.15, 0.2) is 0 Å². The lowest BCUT2D eigenvalue weighted by Crippen LogP contribution is -2.48. The highest BCUT2D eigenvalue weighted by atomic mass is 32.2. The van der Waals surface area contributed by atoms with Gasteiger partial charge in [-0.3, -0.25) is 4.79 Å².